The van der Waals surface area contributed by atoms with Crippen LogP contribution in [-0.2, 0) is 15.9 Å². The molecule has 0 spiro atoms. The number of rotatable bonds is 7. The molecule has 5 atom stereocenters. The molecular formula is C25H30F3N5O5. The van der Waals surface area contributed by atoms with E-state index >= 15 is 0 Å². The molecule has 1 saturated heterocycles. The highest BCUT2D eigenvalue weighted by molar-refractivity contribution is 5.57. The first-order valence-electron chi connectivity index (χ1n) is 12.5. The SMILES string of the molecule is CO[C@@H]1[C@@H](n2cc(-c3cc(F)c(F)c(F)c3)nn2)[C@@H](O)[C@@H](CO)O[C@@H]1Cc1cc(C2CCC(N)CC2)no1. The van der Waals surface area contributed by atoms with Crippen molar-refractivity contribution in [3.8, 4) is 11.3 Å². The van der Waals surface area contributed by atoms with Gasteiger partial charge in [-0.25, -0.2) is 17.9 Å². The molecular weight excluding hydrogens is 507 g/mol. The largest absolute Gasteiger partial charge is 0.394 e. The smallest absolute Gasteiger partial charge is 0.194 e. The summed E-state index contributed by atoms with van der Waals surface area (Å²) in [6.07, 6.45) is 1.66. The molecule has 0 unspecified atom stereocenters. The minimum atomic E-state index is -1.59. The van der Waals surface area contributed by atoms with Crippen molar-refractivity contribution in [2.45, 2.75) is 74.5 Å². The van der Waals surface area contributed by atoms with E-state index in [-0.39, 0.29) is 29.6 Å². The number of aliphatic hydroxyl groups excluding tert-OH is 2. The summed E-state index contributed by atoms with van der Waals surface area (Å²) in [6, 6.07) is 2.84. The number of hydrogen-bond acceptors (Lipinski definition) is 9. The number of methoxy groups -OCH3 is 1. The standard InChI is InChI=1S/C25H30F3N5O5/c1-36-25-20(9-15-8-18(31-38-15)12-2-4-14(29)5-3-12)37-21(11-34)24(35)23(25)33-10-19(30-32-33)13-6-16(26)22(28)17(27)7-13/h6-8,10,12,14,20-21,23-25,34-35H,2-5,9,11,29H2,1H3/t12?,14?,20-,21-,23+,24+,25+/m1/s1. The minimum Gasteiger partial charge on any atom is -0.394 e. The van der Waals surface area contributed by atoms with Gasteiger partial charge in [0.05, 0.1) is 24.6 Å². The Kier molecular flexibility index (Phi) is 7.82. The molecule has 3 heterocycles. The molecule has 1 saturated carbocycles. The van der Waals surface area contributed by atoms with Crippen LogP contribution in [0.5, 0.6) is 0 Å². The molecule has 2 aliphatic rings. The van der Waals surface area contributed by atoms with E-state index in [1.54, 1.807) is 0 Å². The van der Waals surface area contributed by atoms with Crippen LogP contribution in [0.2, 0.25) is 0 Å². The monoisotopic (exact) mass is 537 g/mol. The van der Waals surface area contributed by atoms with Gasteiger partial charge in [-0.2, -0.15) is 0 Å². The lowest BCUT2D eigenvalue weighted by atomic mass is 9.84. The van der Waals surface area contributed by atoms with Crippen LogP contribution in [-0.4, -0.2) is 74.5 Å². The normalized spacial score (nSPS) is 30.0. The highest BCUT2D eigenvalue weighted by atomic mass is 19.2. The second kappa shape index (κ2) is 11.1. The number of halogens is 3. The molecule has 2 fully saturated rings. The third-order valence-corrected chi connectivity index (χ3v) is 7.50. The number of benzene rings is 1. The first-order valence-corrected chi connectivity index (χ1v) is 12.5. The van der Waals surface area contributed by atoms with E-state index in [2.05, 4.69) is 15.5 Å². The van der Waals surface area contributed by atoms with Crippen molar-refractivity contribution in [3.05, 3.63) is 53.3 Å². The fourth-order valence-corrected chi connectivity index (χ4v) is 5.42. The van der Waals surface area contributed by atoms with Crippen molar-refractivity contribution in [1.29, 1.82) is 0 Å². The summed E-state index contributed by atoms with van der Waals surface area (Å²) in [5, 5.41) is 33.1. The Morgan fingerprint density at radius 1 is 1.11 bits per heavy atom. The number of hydrogen-bond donors (Lipinski definition) is 3. The molecule has 1 aliphatic carbocycles. The van der Waals surface area contributed by atoms with Gasteiger partial charge in [0, 0.05) is 37.1 Å². The molecule has 0 amide bonds. The Morgan fingerprint density at radius 3 is 2.47 bits per heavy atom. The maximum atomic E-state index is 13.8. The van der Waals surface area contributed by atoms with Gasteiger partial charge < -0.3 is 29.9 Å². The summed E-state index contributed by atoms with van der Waals surface area (Å²) >= 11 is 0. The topological polar surface area (TPSA) is 142 Å². The minimum absolute atomic E-state index is 0.0312. The molecule has 3 aromatic rings. The van der Waals surface area contributed by atoms with Crippen LogP contribution in [0.25, 0.3) is 11.3 Å². The molecule has 0 radical (unpaired) electrons. The Balaban J connectivity index is 1.38. The van der Waals surface area contributed by atoms with Gasteiger partial charge in [0.25, 0.3) is 0 Å². The first kappa shape index (κ1) is 26.8. The summed E-state index contributed by atoms with van der Waals surface area (Å²) in [5.41, 5.74) is 6.89. The highest BCUT2D eigenvalue weighted by Crippen LogP contribution is 2.36. The van der Waals surface area contributed by atoms with Crippen LogP contribution >= 0.6 is 0 Å². The van der Waals surface area contributed by atoms with Crippen LogP contribution in [0.1, 0.15) is 49.1 Å². The molecule has 5 rings (SSSR count). The second-order valence-electron chi connectivity index (χ2n) is 9.95. The van der Waals surface area contributed by atoms with E-state index in [1.807, 2.05) is 6.07 Å². The molecule has 38 heavy (non-hydrogen) atoms. The first-order chi connectivity index (χ1) is 18.3. The zero-order valence-electron chi connectivity index (χ0n) is 20.7. The summed E-state index contributed by atoms with van der Waals surface area (Å²) < 4.78 is 59.5. The van der Waals surface area contributed by atoms with Crippen LogP contribution < -0.4 is 5.73 Å². The molecule has 10 nitrogen and oxygen atoms in total. The quantitative estimate of drug-likeness (QED) is 0.387. The zero-order valence-corrected chi connectivity index (χ0v) is 20.7. The fourth-order valence-electron chi connectivity index (χ4n) is 5.42. The lowest BCUT2D eigenvalue weighted by molar-refractivity contribution is -0.212. The number of ether oxygens (including phenoxy) is 2. The van der Waals surface area contributed by atoms with Crippen LogP contribution in [0.15, 0.2) is 28.9 Å². The summed E-state index contributed by atoms with van der Waals surface area (Å²) in [6.45, 7) is -0.482. The predicted octanol–water partition coefficient (Wildman–Crippen LogP) is 2.25. The van der Waals surface area contributed by atoms with Gasteiger partial charge in [-0.1, -0.05) is 10.4 Å². The molecule has 4 N–H and O–H groups in total. The highest BCUT2D eigenvalue weighted by Gasteiger charge is 2.47. The van der Waals surface area contributed by atoms with E-state index in [0.717, 1.165) is 43.5 Å². The van der Waals surface area contributed by atoms with E-state index in [1.165, 1.54) is 18.0 Å². The van der Waals surface area contributed by atoms with Crippen molar-refractivity contribution in [1.82, 2.24) is 20.2 Å². The lowest BCUT2D eigenvalue weighted by Gasteiger charge is -2.43. The number of aromatic nitrogens is 4. The third-order valence-electron chi connectivity index (χ3n) is 7.50. The Bertz CT molecular complexity index is 1220. The Hall–Kier alpha value is -2.84. The summed E-state index contributed by atoms with van der Waals surface area (Å²) in [7, 11) is 1.44. The average Bonchev–Trinajstić information content (AvgIpc) is 3.58. The van der Waals surface area contributed by atoms with Crippen molar-refractivity contribution >= 4 is 0 Å². The molecule has 2 aromatic heterocycles. The molecule has 1 aliphatic heterocycles. The average molecular weight is 538 g/mol. The van der Waals surface area contributed by atoms with Crippen LogP contribution in [0.3, 0.4) is 0 Å². The fraction of sp³-hybridized carbons (Fsp3) is 0.560. The van der Waals surface area contributed by atoms with Crippen molar-refractivity contribution in [2.75, 3.05) is 13.7 Å². The van der Waals surface area contributed by atoms with Gasteiger partial charge in [0.2, 0.25) is 0 Å². The van der Waals surface area contributed by atoms with Gasteiger partial charge in [-0.05, 0) is 37.8 Å². The second-order valence-corrected chi connectivity index (χ2v) is 9.95. The van der Waals surface area contributed by atoms with Gasteiger partial charge >= 0.3 is 0 Å². The molecule has 1 aromatic carbocycles. The number of nitrogens with two attached hydrogens (primary N) is 1. The maximum Gasteiger partial charge on any atom is 0.194 e. The van der Waals surface area contributed by atoms with Crippen molar-refractivity contribution in [2.24, 2.45) is 5.73 Å². The molecule has 13 heteroatoms. The van der Waals surface area contributed by atoms with E-state index in [4.69, 9.17) is 19.7 Å². The molecule has 206 valence electrons. The number of nitrogens with zero attached hydrogens (tertiary/aromatic N) is 4. The van der Waals surface area contributed by atoms with E-state index in [9.17, 15) is 23.4 Å². The Labute approximate surface area is 216 Å². The lowest BCUT2D eigenvalue weighted by Crippen LogP contribution is -2.57. The Morgan fingerprint density at radius 2 is 1.82 bits per heavy atom. The van der Waals surface area contributed by atoms with E-state index in [0.29, 0.717) is 5.76 Å². The van der Waals surface area contributed by atoms with Gasteiger partial charge in [-0.15, -0.1) is 5.10 Å². The molecule has 0 bridgehead atoms. The van der Waals surface area contributed by atoms with E-state index < -0.39 is 54.5 Å². The maximum absolute atomic E-state index is 13.8. The third kappa shape index (κ3) is 5.21. The number of aliphatic hydroxyl groups is 2. The van der Waals surface area contributed by atoms with Crippen molar-refractivity contribution < 1.29 is 37.4 Å². The van der Waals surface area contributed by atoms with Gasteiger partial charge in [-0.3, -0.25) is 0 Å². The predicted molar refractivity (Wildman–Crippen MR) is 126 cm³/mol. The summed E-state index contributed by atoms with van der Waals surface area (Å²) in [5.74, 6) is -3.48. The van der Waals surface area contributed by atoms with Gasteiger partial charge in [0.1, 0.15) is 35.8 Å². The van der Waals surface area contributed by atoms with Crippen LogP contribution in [0, 0.1) is 17.5 Å². The summed E-state index contributed by atoms with van der Waals surface area (Å²) in [4.78, 5) is 0. The van der Waals surface area contributed by atoms with Crippen molar-refractivity contribution in [3.63, 3.8) is 0 Å². The zero-order chi connectivity index (χ0) is 27.0. The van der Waals surface area contributed by atoms with Gasteiger partial charge in [0.15, 0.2) is 17.5 Å². The van der Waals surface area contributed by atoms with Crippen LogP contribution in [0.4, 0.5) is 13.2 Å².